The number of carbonyl (C=O) groups excluding carboxylic acids is 2. The average Bonchev–Trinajstić information content (AvgIpc) is 2.71. The fraction of sp³-hybridized carbons (Fsp3) is 0.391. The zero-order valence-electron chi connectivity index (χ0n) is 17.6. The van der Waals surface area contributed by atoms with Gasteiger partial charge in [-0.25, -0.2) is 0 Å². The summed E-state index contributed by atoms with van der Waals surface area (Å²) < 4.78 is 5.61. The average molecular weight is 398 g/mol. The first-order valence-corrected chi connectivity index (χ1v) is 10.0. The number of carbonyl (C=O) groups is 2. The smallest absolute Gasteiger partial charge is 0.251 e. The zero-order chi connectivity index (χ0) is 21.2. The van der Waals surface area contributed by atoms with E-state index in [2.05, 4.69) is 16.0 Å². The van der Waals surface area contributed by atoms with E-state index in [1.807, 2.05) is 52.0 Å². The minimum absolute atomic E-state index is 0.0894. The predicted molar refractivity (Wildman–Crippen MR) is 116 cm³/mol. The molecule has 2 amide bonds. The number of anilines is 1. The van der Waals surface area contributed by atoms with Crippen molar-refractivity contribution in [1.29, 1.82) is 0 Å². The molecule has 0 aliphatic rings. The Hall–Kier alpha value is -3.02. The van der Waals surface area contributed by atoms with Crippen molar-refractivity contribution in [2.45, 2.75) is 52.8 Å². The third-order valence-electron chi connectivity index (χ3n) is 4.37. The van der Waals surface area contributed by atoms with Crippen LogP contribution in [0.3, 0.4) is 0 Å². The molecule has 1 unspecified atom stereocenters. The van der Waals surface area contributed by atoms with Crippen LogP contribution in [-0.2, 0) is 11.3 Å². The van der Waals surface area contributed by atoms with E-state index in [-0.39, 0.29) is 30.5 Å². The molecule has 0 heterocycles. The molecule has 156 valence electrons. The Bertz CT molecular complexity index is 786. The summed E-state index contributed by atoms with van der Waals surface area (Å²) in [6, 6.07) is 14.9. The summed E-state index contributed by atoms with van der Waals surface area (Å²) in [5, 5.41) is 8.88. The summed E-state index contributed by atoms with van der Waals surface area (Å²) in [5.74, 6) is 0.623. The van der Waals surface area contributed by atoms with E-state index in [9.17, 15) is 9.59 Å². The molecule has 0 spiro atoms. The first-order valence-electron chi connectivity index (χ1n) is 10.0. The highest BCUT2D eigenvalue weighted by atomic mass is 16.5. The van der Waals surface area contributed by atoms with Crippen molar-refractivity contribution in [1.82, 2.24) is 10.6 Å². The van der Waals surface area contributed by atoms with E-state index in [0.717, 1.165) is 23.4 Å². The van der Waals surface area contributed by atoms with Crippen molar-refractivity contribution < 1.29 is 14.3 Å². The van der Waals surface area contributed by atoms with Gasteiger partial charge in [0.25, 0.3) is 5.91 Å². The van der Waals surface area contributed by atoms with Crippen LogP contribution in [0.5, 0.6) is 5.75 Å². The molecule has 0 aliphatic heterocycles. The number of nitrogens with one attached hydrogen (secondary N) is 3. The van der Waals surface area contributed by atoms with Crippen LogP contribution in [0.25, 0.3) is 0 Å². The molecule has 0 fully saturated rings. The maximum atomic E-state index is 12.1. The summed E-state index contributed by atoms with van der Waals surface area (Å²) in [7, 11) is 0. The third-order valence-corrected chi connectivity index (χ3v) is 4.37. The second kappa shape index (κ2) is 11.1. The van der Waals surface area contributed by atoms with E-state index in [0.29, 0.717) is 12.1 Å². The van der Waals surface area contributed by atoms with Crippen molar-refractivity contribution in [3.05, 3.63) is 59.7 Å². The van der Waals surface area contributed by atoms with Crippen LogP contribution < -0.4 is 20.7 Å². The van der Waals surface area contributed by atoms with Gasteiger partial charge in [0.2, 0.25) is 5.91 Å². The molecule has 2 aromatic carbocycles. The lowest BCUT2D eigenvalue weighted by atomic mass is 10.1. The maximum absolute atomic E-state index is 12.1. The van der Waals surface area contributed by atoms with Crippen LogP contribution in [0.2, 0.25) is 0 Å². The van der Waals surface area contributed by atoms with Crippen molar-refractivity contribution in [2.24, 2.45) is 0 Å². The molecule has 0 bridgehead atoms. The Morgan fingerprint density at radius 2 is 1.62 bits per heavy atom. The Morgan fingerprint density at radius 3 is 2.21 bits per heavy atom. The summed E-state index contributed by atoms with van der Waals surface area (Å²) in [4.78, 5) is 24.2. The van der Waals surface area contributed by atoms with Gasteiger partial charge < -0.3 is 20.7 Å². The number of hydrogen-bond donors (Lipinski definition) is 3. The van der Waals surface area contributed by atoms with Crippen LogP contribution in [0.4, 0.5) is 5.69 Å². The number of ether oxygens (including phenoxy) is 1. The molecule has 1 atom stereocenters. The maximum Gasteiger partial charge on any atom is 0.251 e. The van der Waals surface area contributed by atoms with Crippen molar-refractivity contribution >= 4 is 17.5 Å². The largest absolute Gasteiger partial charge is 0.491 e. The quantitative estimate of drug-likeness (QED) is 0.571. The van der Waals surface area contributed by atoms with Crippen molar-refractivity contribution in [3.63, 3.8) is 0 Å². The highest BCUT2D eigenvalue weighted by Gasteiger charge is 2.08. The number of hydrogen-bond acceptors (Lipinski definition) is 4. The normalized spacial score (nSPS) is 11.6. The van der Waals surface area contributed by atoms with E-state index < -0.39 is 0 Å². The molecule has 6 heteroatoms. The molecular formula is C23H31N3O3. The molecule has 0 radical (unpaired) electrons. The van der Waals surface area contributed by atoms with Crippen LogP contribution in [-0.4, -0.2) is 30.5 Å². The van der Waals surface area contributed by atoms with Gasteiger partial charge in [0.1, 0.15) is 5.75 Å². The monoisotopic (exact) mass is 397 g/mol. The van der Waals surface area contributed by atoms with E-state index in [1.165, 1.54) is 0 Å². The van der Waals surface area contributed by atoms with E-state index >= 15 is 0 Å². The minimum Gasteiger partial charge on any atom is -0.491 e. The highest BCUT2D eigenvalue weighted by Crippen LogP contribution is 2.14. The number of rotatable bonds is 10. The van der Waals surface area contributed by atoms with Gasteiger partial charge in [-0.05, 0) is 69.2 Å². The summed E-state index contributed by atoms with van der Waals surface area (Å²) in [6.07, 6.45) is 1.02. The lowest BCUT2D eigenvalue weighted by molar-refractivity contribution is -0.119. The Morgan fingerprint density at radius 1 is 0.966 bits per heavy atom. The molecule has 0 aliphatic carbocycles. The van der Waals surface area contributed by atoms with Gasteiger partial charge in [0.15, 0.2) is 0 Å². The number of amides is 2. The fourth-order valence-electron chi connectivity index (χ4n) is 2.55. The molecule has 2 aromatic rings. The standard InChI is InChI=1S/C23H31N3O3/c1-5-17(4)26-23(28)19-8-10-20(11-9-19)24-15-22(27)25-14-18-6-12-21(13-7-18)29-16(2)3/h6-13,16-17,24H,5,14-15H2,1-4H3,(H,25,27)(H,26,28). The fourth-order valence-corrected chi connectivity index (χ4v) is 2.55. The molecule has 29 heavy (non-hydrogen) atoms. The first-order chi connectivity index (χ1) is 13.9. The molecule has 0 saturated carbocycles. The molecular weight excluding hydrogens is 366 g/mol. The Kier molecular flexibility index (Phi) is 8.52. The van der Waals surface area contributed by atoms with Gasteiger partial charge in [-0.2, -0.15) is 0 Å². The molecule has 6 nitrogen and oxygen atoms in total. The molecule has 0 aromatic heterocycles. The summed E-state index contributed by atoms with van der Waals surface area (Å²) >= 11 is 0. The van der Waals surface area contributed by atoms with Crippen molar-refractivity contribution in [2.75, 3.05) is 11.9 Å². The minimum atomic E-state index is -0.105. The van der Waals surface area contributed by atoms with Crippen LogP contribution in [0, 0.1) is 0 Å². The second-order valence-electron chi connectivity index (χ2n) is 7.30. The molecule has 2 rings (SSSR count). The highest BCUT2D eigenvalue weighted by molar-refractivity contribution is 5.94. The number of benzene rings is 2. The first kappa shape index (κ1) is 22.3. The van der Waals surface area contributed by atoms with Crippen LogP contribution in [0.15, 0.2) is 48.5 Å². The van der Waals surface area contributed by atoms with Gasteiger partial charge in [0, 0.05) is 23.8 Å². The summed E-state index contributed by atoms with van der Waals surface area (Å²) in [6.45, 7) is 8.58. The van der Waals surface area contributed by atoms with E-state index in [4.69, 9.17) is 4.74 Å². The van der Waals surface area contributed by atoms with E-state index in [1.54, 1.807) is 24.3 Å². The van der Waals surface area contributed by atoms with Gasteiger partial charge in [0.05, 0.1) is 12.6 Å². The Balaban J connectivity index is 1.75. The lowest BCUT2D eigenvalue weighted by Crippen LogP contribution is -2.31. The Labute approximate surface area is 173 Å². The SMILES string of the molecule is CCC(C)NC(=O)c1ccc(NCC(=O)NCc2ccc(OC(C)C)cc2)cc1. The van der Waals surface area contributed by atoms with Gasteiger partial charge in [-0.1, -0.05) is 19.1 Å². The summed E-state index contributed by atoms with van der Waals surface area (Å²) in [5.41, 5.74) is 2.40. The van der Waals surface area contributed by atoms with Crippen LogP contribution in [0.1, 0.15) is 50.0 Å². The van der Waals surface area contributed by atoms with Gasteiger partial charge in [-0.3, -0.25) is 9.59 Å². The molecule has 0 saturated heterocycles. The molecule has 3 N–H and O–H groups in total. The third kappa shape index (κ3) is 7.86. The topological polar surface area (TPSA) is 79.5 Å². The second-order valence-corrected chi connectivity index (χ2v) is 7.30. The van der Waals surface area contributed by atoms with Crippen LogP contribution >= 0.6 is 0 Å². The lowest BCUT2D eigenvalue weighted by Gasteiger charge is -2.12. The van der Waals surface area contributed by atoms with Gasteiger partial charge in [-0.15, -0.1) is 0 Å². The zero-order valence-corrected chi connectivity index (χ0v) is 17.6. The van der Waals surface area contributed by atoms with Gasteiger partial charge >= 0.3 is 0 Å². The van der Waals surface area contributed by atoms with Crippen molar-refractivity contribution in [3.8, 4) is 5.75 Å². The predicted octanol–water partition coefficient (Wildman–Crippen LogP) is 3.73.